The van der Waals surface area contributed by atoms with Crippen LogP contribution in [0.25, 0.3) is 0 Å². The van der Waals surface area contributed by atoms with Gasteiger partial charge in [-0.3, -0.25) is 0 Å². The van der Waals surface area contributed by atoms with E-state index in [2.05, 4.69) is 9.97 Å². The number of H-pyrrole nitrogens is 1. The van der Waals surface area contributed by atoms with E-state index < -0.39 is 5.92 Å². The predicted octanol–water partition coefficient (Wildman–Crippen LogP) is 1.82. The zero-order valence-electron chi connectivity index (χ0n) is 8.06. The van der Waals surface area contributed by atoms with Gasteiger partial charge in [-0.1, -0.05) is 6.92 Å². The third-order valence-electron chi connectivity index (χ3n) is 2.47. The maximum absolute atomic E-state index is 12.9. The van der Waals surface area contributed by atoms with Gasteiger partial charge in [0, 0.05) is 18.7 Å². The minimum absolute atomic E-state index is 0.0742. The molecular formula is C9H13F2N3. The third-order valence-corrected chi connectivity index (χ3v) is 2.47. The quantitative estimate of drug-likeness (QED) is 0.791. The molecule has 1 aliphatic rings. The Balaban J connectivity index is 2.09. The van der Waals surface area contributed by atoms with E-state index in [1.807, 2.05) is 6.92 Å². The molecule has 14 heavy (non-hydrogen) atoms. The molecule has 5 heteroatoms. The molecule has 1 saturated heterocycles. The fourth-order valence-corrected chi connectivity index (χ4v) is 1.60. The van der Waals surface area contributed by atoms with E-state index in [1.54, 1.807) is 11.1 Å². The molecule has 3 nitrogen and oxygen atoms in total. The molecule has 1 aliphatic heterocycles. The van der Waals surface area contributed by atoms with Gasteiger partial charge in [-0.15, -0.1) is 0 Å². The molecular weight excluding hydrogens is 188 g/mol. The highest BCUT2D eigenvalue weighted by atomic mass is 19.3. The molecule has 0 saturated carbocycles. The maximum Gasteiger partial charge on any atom is 0.267 e. The number of hydrogen-bond donors (Lipinski definition) is 1. The van der Waals surface area contributed by atoms with Crippen molar-refractivity contribution in [1.82, 2.24) is 9.97 Å². The Labute approximate surface area is 81.1 Å². The first-order valence-corrected chi connectivity index (χ1v) is 4.77. The molecule has 1 N–H and O–H groups in total. The zero-order valence-corrected chi connectivity index (χ0v) is 8.06. The molecule has 0 radical (unpaired) electrons. The molecule has 1 aromatic heterocycles. The molecule has 1 aromatic rings. The second-order valence-corrected chi connectivity index (χ2v) is 3.61. The summed E-state index contributed by atoms with van der Waals surface area (Å²) in [6, 6.07) is 0. The summed E-state index contributed by atoms with van der Waals surface area (Å²) in [6.07, 6.45) is 2.47. The summed E-state index contributed by atoms with van der Waals surface area (Å²) in [6.45, 7) is 2.16. The first kappa shape index (κ1) is 9.43. The molecule has 0 aliphatic carbocycles. The van der Waals surface area contributed by atoms with Gasteiger partial charge in [0.1, 0.15) is 0 Å². The van der Waals surface area contributed by atoms with Crippen LogP contribution in [0.15, 0.2) is 6.20 Å². The number of hydrogen-bond acceptors (Lipinski definition) is 2. The number of halogens is 2. The number of alkyl halides is 2. The number of imidazole rings is 1. The summed E-state index contributed by atoms with van der Waals surface area (Å²) in [4.78, 5) is 8.69. The van der Waals surface area contributed by atoms with E-state index in [0.29, 0.717) is 12.5 Å². The topological polar surface area (TPSA) is 31.9 Å². The smallest absolute Gasteiger partial charge is 0.267 e. The molecule has 0 unspecified atom stereocenters. The van der Waals surface area contributed by atoms with Gasteiger partial charge in [-0.2, -0.15) is 0 Å². The molecule has 1 fully saturated rings. The van der Waals surface area contributed by atoms with Crippen molar-refractivity contribution < 1.29 is 8.78 Å². The van der Waals surface area contributed by atoms with E-state index in [4.69, 9.17) is 0 Å². The van der Waals surface area contributed by atoms with Crippen molar-refractivity contribution in [2.24, 2.45) is 0 Å². The average Bonchev–Trinajstić information content (AvgIpc) is 2.70. The number of aromatic nitrogens is 2. The van der Waals surface area contributed by atoms with Crippen molar-refractivity contribution in [3.63, 3.8) is 0 Å². The second kappa shape index (κ2) is 3.22. The molecule has 0 bridgehead atoms. The molecule has 2 heterocycles. The summed E-state index contributed by atoms with van der Waals surface area (Å²) >= 11 is 0. The van der Waals surface area contributed by atoms with Crippen LogP contribution in [0.5, 0.6) is 0 Å². The number of rotatable bonds is 2. The molecule has 2 rings (SSSR count). The van der Waals surface area contributed by atoms with Crippen LogP contribution >= 0.6 is 0 Å². The fourth-order valence-electron chi connectivity index (χ4n) is 1.60. The Morgan fingerprint density at radius 3 is 2.93 bits per heavy atom. The summed E-state index contributed by atoms with van der Waals surface area (Å²) in [5.41, 5.74) is 0.982. The first-order chi connectivity index (χ1) is 6.61. The van der Waals surface area contributed by atoms with Gasteiger partial charge < -0.3 is 9.88 Å². The van der Waals surface area contributed by atoms with Gasteiger partial charge in [0.25, 0.3) is 5.92 Å². The lowest BCUT2D eigenvalue weighted by Crippen LogP contribution is -2.25. The predicted molar refractivity (Wildman–Crippen MR) is 49.7 cm³/mol. The third kappa shape index (κ3) is 1.71. The number of anilines is 1. The molecule has 0 aromatic carbocycles. The molecule has 0 amide bonds. The van der Waals surface area contributed by atoms with Crippen LogP contribution in [-0.2, 0) is 6.42 Å². The van der Waals surface area contributed by atoms with Crippen LogP contribution < -0.4 is 4.90 Å². The van der Waals surface area contributed by atoms with Crippen LogP contribution in [0.3, 0.4) is 0 Å². The minimum atomic E-state index is -2.56. The van der Waals surface area contributed by atoms with Gasteiger partial charge in [0.15, 0.2) is 0 Å². The summed E-state index contributed by atoms with van der Waals surface area (Å²) in [5, 5.41) is 0. The fraction of sp³-hybridized carbons (Fsp3) is 0.667. The second-order valence-electron chi connectivity index (χ2n) is 3.61. The highest BCUT2D eigenvalue weighted by Gasteiger charge is 2.39. The standard InChI is InChI=1S/C9H13F2N3/c1-2-7-5-12-8(13-7)14-4-3-9(10,11)6-14/h5H,2-4,6H2,1H3,(H,12,13). The van der Waals surface area contributed by atoms with E-state index in [-0.39, 0.29) is 13.0 Å². The van der Waals surface area contributed by atoms with Gasteiger partial charge in [-0.25, -0.2) is 13.8 Å². The number of aryl methyl sites for hydroxylation is 1. The summed E-state index contributed by atoms with van der Waals surface area (Å²) < 4.78 is 25.8. The first-order valence-electron chi connectivity index (χ1n) is 4.77. The van der Waals surface area contributed by atoms with Gasteiger partial charge in [0.2, 0.25) is 5.95 Å². The summed E-state index contributed by atoms with van der Waals surface area (Å²) in [5.74, 6) is -1.99. The van der Waals surface area contributed by atoms with Crippen molar-refractivity contribution in [3.8, 4) is 0 Å². The highest BCUT2D eigenvalue weighted by molar-refractivity contribution is 5.33. The van der Waals surface area contributed by atoms with Crippen molar-refractivity contribution in [3.05, 3.63) is 11.9 Å². The SMILES string of the molecule is CCc1cnc(N2CCC(F)(F)C2)[nH]1. The average molecular weight is 201 g/mol. The Kier molecular flexibility index (Phi) is 2.17. The number of nitrogens with one attached hydrogen (secondary N) is 1. The van der Waals surface area contributed by atoms with E-state index in [0.717, 1.165) is 12.1 Å². The van der Waals surface area contributed by atoms with Gasteiger partial charge >= 0.3 is 0 Å². The number of nitrogens with zero attached hydrogens (tertiary/aromatic N) is 2. The van der Waals surface area contributed by atoms with E-state index in [1.165, 1.54) is 0 Å². The highest BCUT2D eigenvalue weighted by Crippen LogP contribution is 2.29. The normalized spacial score (nSPS) is 20.4. The Morgan fingerprint density at radius 1 is 1.64 bits per heavy atom. The van der Waals surface area contributed by atoms with Gasteiger partial charge in [0.05, 0.1) is 12.7 Å². The molecule has 0 atom stereocenters. The number of aromatic amines is 1. The minimum Gasteiger partial charge on any atom is -0.336 e. The van der Waals surface area contributed by atoms with Crippen LogP contribution in [0, 0.1) is 0 Å². The monoisotopic (exact) mass is 201 g/mol. The Bertz CT molecular complexity index is 322. The molecule has 0 spiro atoms. The van der Waals surface area contributed by atoms with Crippen LogP contribution in [0.2, 0.25) is 0 Å². The maximum atomic E-state index is 12.9. The van der Waals surface area contributed by atoms with Crippen LogP contribution in [-0.4, -0.2) is 29.0 Å². The van der Waals surface area contributed by atoms with E-state index in [9.17, 15) is 8.78 Å². The lowest BCUT2D eigenvalue weighted by atomic mass is 10.3. The Hall–Kier alpha value is -1.13. The van der Waals surface area contributed by atoms with Crippen molar-refractivity contribution in [2.45, 2.75) is 25.7 Å². The van der Waals surface area contributed by atoms with Crippen LogP contribution in [0.4, 0.5) is 14.7 Å². The van der Waals surface area contributed by atoms with Crippen LogP contribution in [0.1, 0.15) is 19.0 Å². The summed E-state index contributed by atoms with van der Waals surface area (Å²) in [7, 11) is 0. The lowest BCUT2D eigenvalue weighted by Gasteiger charge is -2.14. The van der Waals surface area contributed by atoms with Crippen molar-refractivity contribution >= 4 is 5.95 Å². The van der Waals surface area contributed by atoms with Gasteiger partial charge in [-0.05, 0) is 6.42 Å². The zero-order chi connectivity index (χ0) is 10.2. The Morgan fingerprint density at radius 2 is 2.43 bits per heavy atom. The van der Waals surface area contributed by atoms with Crippen molar-refractivity contribution in [1.29, 1.82) is 0 Å². The lowest BCUT2D eigenvalue weighted by molar-refractivity contribution is 0.0256. The molecule has 78 valence electrons. The van der Waals surface area contributed by atoms with Crippen molar-refractivity contribution in [2.75, 3.05) is 18.0 Å². The largest absolute Gasteiger partial charge is 0.336 e. The van der Waals surface area contributed by atoms with E-state index >= 15 is 0 Å².